The number of fused-ring (bicyclic) bond motifs is 1. The number of hydrogen-bond acceptors (Lipinski definition) is 5. The number of rotatable bonds is 5. The molecular formula is C24H31N3O4. The lowest BCUT2D eigenvalue weighted by molar-refractivity contribution is 0.0635. The fourth-order valence-corrected chi connectivity index (χ4v) is 3.50. The molecule has 166 valence electrons. The number of carbonyl (C=O) groups excluding carboxylic acids is 2. The lowest BCUT2D eigenvalue weighted by Crippen LogP contribution is -2.46. The van der Waals surface area contributed by atoms with Crippen LogP contribution in [-0.4, -0.2) is 55.3 Å². The third-order valence-electron chi connectivity index (χ3n) is 4.91. The zero-order valence-corrected chi connectivity index (χ0v) is 18.8. The molecule has 1 aliphatic heterocycles. The van der Waals surface area contributed by atoms with E-state index in [1.165, 1.54) is 0 Å². The largest absolute Gasteiger partial charge is 0.485 e. The number of amides is 2. The first kappa shape index (κ1) is 22.5. The average Bonchev–Trinajstić information content (AvgIpc) is 2.71. The summed E-state index contributed by atoms with van der Waals surface area (Å²) in [7, 11) is 1.77. The fourth-order valence-electron chi connectivity index (χ4n) is 3.50. The van der Waals surface area contributed by atoms with Gasteiger partial charge in [-0.05, 0) is 64.1 Å². The Morgan fingerprint density at radius 2 is 1.84 bits per heavy atom. The molecule has 1 unspecified atom stereocenters. The van der Waals surface area contributed by atoms with E-state index >= 15 is 0 Å². The van der Waals surface area contributed by atoms with Crippen molar-refractivity contribution >= 4 is 23.4 Å². The number of benzene rings is 2. The van der Waals surface area contributed by atoms with Gasteiger partial charge in [0, 0.05) is 24.8 Å². The number of nitrogens with one attached hydrogen (secondary N) is 1. The van der Waals surface area contributed by atoms with Gasteiger partial charge in [0.25, 0.3) is 5.91 Å². The highest BCUT2D eigenvalue weighted by atomic mass is 16.6. The number of ether oxygens (including phenoxy) is 2. The molecule has 0 aromatic heterocycles. The molecule has 3 rings (SSSR count). The predicted octanol–water partition coefficient (Wildman–Crippen LogP) is 4.39. The van der Waals surface area contributed by atoms with Crippen LogP contribution in [-0.2, 0) is 4.74 Å². The van der Waals surface area contributed by atoms with Crippen LogP contribution >= 0.6 is 0 Å². The quantitative estimate of drug-likeness (QED) is 0.769. The van der Waals surface area contributed by atoms with Gasteiger partial charge in [0.2, 0.25) is 0 Å². The van der Waals surface area contributed by atoms with Crippen LogP contribution in [0.2, 0.25) is 0 Å². The Morgan fingerprint density at radius 3 is 2.48 bits per heavy atom. The van der Waals surface area contributed by atoms with Crippen LogP contribution in [0, 0.1) is 0 Å². The zero-order chi connectivity index (χ0) is 22.6. The van der Waals surface area contributed by atoms with Crippen LogP contribution in [0.1, 0.15) is 38.1 Å². The normalized spacial score (nSPS) is 15.5. The molecule has 2 aromatic rings. The van der Waals surface area contributed by atoms with E-state index in [1.807, 2.05) is 18.2 Å². The van der Waals surface area contributed by atoms with Crippen molar-refractivity contribution in [2.45, 2.75) is 39.4 Å². The molecule has 7 nitrogen and oxygen atoms in total. The molecule has 7 heteroatoms. The maximum atomic E-state index is 12.9. The first-order valence-electron chi connectivity index (χ1n) is 10.5. The molecule has 0 saturated heterocycles. The molecule has 1 heterocycles. The number of carbonyl (C=O) groups is 2. The van der Waals surface area contributed by atoms with Crippen LogP contribution in [0.15, 0.2) is 48.5 Å². The topological polar surface area (TPSA) is 71.1 Å². The molecule has 2 amide bonds. The first-order valence-corrected chi connectivity index (χ1v) is 10.5. The molecule has 0 aliphatic carbocycles. The number of anilines is 2. The summed E-state index contributed by atoms with van der Waals surface area (Å²) in [4.78, 5) is 28.7. The average molecular weight is 426 g/mol. The number of nitrogens with zero attached hydrogens (tertiary/aromatic N) is 2. The Bertz CT molecular complexity index is 921. The highest BCUT2D eigenvalue weighted by molar-refractivity contribution is 5.95. The maximum absolute atomic E-state index is 12.9. The van der Waals surface area contributed by atoms with Crippen LogP contribution in [0.4, 0.5) is 16.2 Å². The Labute approximate surface area is 183 Å². The van der Waals surface area contributed by atoms with Crippen molar-refractivity contribution in [2.75, 3.05) is 36.9 Å². The van der Waals surface area contributed by atoms with Gasteiger partial charge < -0.3 is 19.3 Å². The minimum absolute atomic E-state index is 0.102. The van der Waals surface area contributed by atoms with Crippen molar-refractivity contribution in [1.82, 2.24) is 4.90 Å². The molecular weight excluding hydrogens is 394 g/mol. The Kier molecular flexibility index (Phi) is 6.73. The van der Waals surface area contributed by atoms with Gasteiger partial charge in [0.1, 0.15) is 17.5 Å². The van der Waals surface area contributed by atoms with Crippen molar-refractivity contribution in [3.8, 4) is 5.75 Å². The SMILES string of the molecule is CCN1CC(CN(C)C(=O)c2ccc(NC(=O)OC(C)(C)C)cc2)Oc2ccccc21. The van der Waals surface area contributed by atoms with Gasteiger partial charge >= 0.3 is 6.09 Å². The summed E-state index contributed by atoms with van der Waals surface area (Å²) in [5, 5.41) is 2.67. The predicted molar refractivity (Wildman–Crippen MR) is 122 cm³/mol. The molecule has 0 saturated carbocycles. The highest BCUT2D eigenvalue weighted by Gasteiger charge is 2.27. The van der Waals surface area contributed by atoms with Crippen molar-refractivity contribution in [1.29, 1.82) is 0 Å². The molecule has 31 heavy (non-hydrogen) atoms. The van der Waals surface area contributed by atoms with Gasteiger partial charge in [0.15, 0.2) is 0 Å². The van der Waals surface area contributed by atoms with Gasteiger partial charge in [-0.1, -0.05) is 12.1 Å². The monoisotopic (exact) mass is 425 g/mol. The van der Waals surface area contributed by atoms with Gasteiger partial charge in [-0.2, -0.15) is 0 Å². The summed E-state index contributed by atoms with van der Waals surface area (Å²) in [5.74, 6) is 0.744. The highest BCUT2D eigenvalue weighted by Crippen LogP contribution is 2.33. The smallest absolute Gasteiger partial charge is 0.412 e. The molecule has 0 bridgehead atoms. The van der Waals surface area contributed by atoms with Crippen molar-refractivity contribution in [3.63, 3.8) is 0 Å². The van der Waals surface area contributed by atoms with E-state index in [4.69, 9.17) is 9.47 Å². The second-order valence-corrected chi connectivity index (χ2v) is 8.64. The molecule has 0 spiro atoms. The lowest BCUT2D eigenvalue weighted by atomic mass is 10.1. The summed E-state index contributed by atoms with van der Waals surface area (Å²) >= 11 is 0. The molecule has 0 radical (unpaired) electrons. The number of para-hydroxylation sites is 2. The Morgan fingerprint density at radius 1 is 1.16 bits per heavy atom. The number of likely N-dealkylation sites (N-methyl/N-ethyl adjacent to an activating group) is 2. The molecule has 0 fully saturated rings. The van der Waals surface area contributed by atoms with Gasteiger partial charge in [-0.25, -0.2) is 4.79 Å². The van der Waals surface area contributed by atoms with E-state index in [0.29, 0.717) is 17.8 Å². The summed E-state index contributed by atoms with van der Waals surface area (Å²) < 4.78 is 11.4. The van der Waals surface area contributed by atoms with Crippen LogP contribution in [0.3, 0.4) is 0 Å². The van der Waals surface area contributed by atoms with E-state index in [2.05, 4.69) is 23.2 Å². The van der Waals surface area contributed by atoms with Crippen LogP contribution in [0.25, 0.3) is 0 Å². The second-order valence-electron chi connectivity index (χ2n) is 8.64. The molecule has 1 atom stereocenters. The summed E-state index contributed by atoms with van der Waals surface area (Å²) in [6.45, 7) is 9.60. The second kappa shape index (κ2) is 9.29. The fraction of sp³-hybridized carbons (Fsp3) is 0.417. The first-order chi connectivity index (χ1) is 14.7. The van der Waals surface area contributed by atoms with Crippen LogP contribution < -0.4 is 15.0 Å². The van der Waals surface area contributed by atoms with Gasteiger partial charge in [-0.15, -0.1) is 0 Å². The van der Waals surface area contributed by atoms with E-state index in [1.54, 1.807) is 57.0 Å². The third kappa shape index (κ3) is 5.90. The minimum atomic E-state index is -0.572. The minimum Gasteiger partial charge on any atom is -0.485 e. The zero-order valence-electron chi connectivity index (χ0n) is 18.8. The van der Waals surface area contributed by atoms with E-state index in [-0.39, 0.29) is 12.0 Å². The van der Waals surface area contributed by atoms with Crippen molar-refractivity contribution in [3.05, 3.63) is 54.1 Å². The Balaban J connectivity index is 1.59. The third-order valence-corrected chi connectivity index (χ3v) is 4.91. The van der Waals surface area contributed by atoms with Crippen molar-refractivity contribution < 1.29 is 19.1 Å². The van der Waals surface area contributed by atoms with Crippen molar-refractivity contribution in [2.24, 2.45) is 0 Å². The maximum Gasteiger partial charge on any atom is 0.412 e. The van der Waals surface area contributed by atoms with E-state index < -0.39 is 11.7 Å². The number of hydrogen-bond donors (Lipinski definition) is 1. The summed E-state index contributed by atoms with van der Waals surface area (Å²) in [5.41, 5.74) is 1.63. The van der Waals surface area contributed by atoms with Gasteiger partial charge in [0.05, 0.1) is 18.8 Å². The summed E-state index contributed by atoms with van der Waals surface area (Å²) in [6.07, 6.45) is -0.643. The molecule has 1 aliphatic rings. The molecule has 2 aromatic carbocycles. The standard InChI is InChI=1S/C24H31N3O4/c1-6-27-16-19(30-21-10-8-7-9-20(21)27)15-26(5)22(28)17-11-13-18(14-12-17)25-23(29)31-24(2,3)4/h7-14,19H,6,15-16H2,1-5H3,(H,25,29). The van der Waals surface area contributed by atoms with Crippen LogP contribution in [0.5, 0.6) is 5.75 Å². The van der Waals surface area contributed by atoms with E-state index in [9.17, 15) is 9.59 Å². The Hall–Kier alpha value is -3.22. The molecule has 1 N–H and O–H groups in total. The van der Waals surface area contributed by atoms with Gasteiger partial charge in [-0.3, -0.25) is 10.1 Å². The summed E-state index contributed by atoms with van der Waals surface area (Å²) in [6, 6.07) is 14.7. The lowest BCUT2D eigenvalue weighted by Gasteiger charge is -2.37. The van der Waals surface area contributed by atoms with E-state index in [0.717, 1.165) is 24.5 Å².